The van der Waals surface area contributed by atoms with Crippen molar-refractivity contribution in [2.45, 2.75) is 49.0 Å². The number of rotatable bonds is 5. The zero-order chi connectivity index (χ0) is 13.0. The van der Waals surface area contributed by atoms with Gasteiger partial charge in [-0.25, -0.2) is 4.98 Å². The number of nitrogens with two attached hydrogens (primary N) is 1. The Bertz CT molecular complexity index is 408. The average Bonchev–Trinajstić information content (AvgIpc) is 2.89. The topological polar surface area (TPSA) is 68.0 Å². The second-order valence-electron chi connectivity index (χ2n) is 4.55. The van der Waals surface area contributed by atoms with Crippen molar-refractivity contribution in [1.29, 1.82) is 0 Å². The number of hydrogen-bond donors (Lipinski definition) is 2. The molecular formula is C12H19N3OS2. The Labute approximate surface area is 116 Å². The van der Waals surface area contributed by atoms with Gasteiger partial charge in [-0.1, -0.05) is 18.7 Å². The van der Waals surface area contributed by atoms with Crippen LogP contribution in [0.3, 0.4) is 0 Å². The van der Waals surface area contributed by atoms with Crippen LogP contribution in [0.25, 0.3) is 0 Å². The number of nitrogens with zero attached hydrogens (tertiary/aromatic N) is 1. The van der Waals surface area contributed by atoms with Crippen molar-refractivity contribution in [2.75, 3.05) is 5.75 Å². The van der Waals surface area contributed by atoms with E-state index in [1.54, 1.807) is 23.1 Å². The van der Waals surface area contributed by atoms with Gasteiger partial charge in [0.15, 0.2) is 0 Å². The minimum Gasteiger partial charge on any atom is -0.353 e. The number of carbonyl (C=O) groups is 1. The molecule has 0 spiro atoms. The summed E-state index contributed by atoms with van der Waals surface area (Å²) in [5.74, 6) is 1.08. The molecule has 0 radical (unpaired) electrons. The summed E-state index contributed by atoms with van der Waals surface area (Å²) in [5.41, 5.74) is 6.70. The highest BCUT2D eigenvalue weighted by Gasteiger charge is 2.23. The van der Waals surface area contributed by atoms with E-state index in [1.807, 2.05) is 5.38 Å². The minimum absolute atomic E-state index is 0.0625. The Hall–Kier alpha value is -0.590. The van der Waals surface area contributed by atoms with Gasteiger partial charge in [-0.2, -0.15) is 0 Å². The first-order chi connectivity index (χ1) is 8.67. The van der Waals surface area contributed by atoms with Crippen molar-refractivity contribution in [3.05, 3.63) is 11.1 Å². The van der Waals surface area contributed by atoms with Crippen LogP contribution in [0.1, 0.15) is 31.9 Å². The molecule has 1 amide bonds. The van der Waals surface area contributed by atoms with E-state index in [-0.39, 0.29) is 18.0 Å². The van der Waals surface area contributed by atoms with Crippen LogP contribution in [0, 0.1) is 0 Å². The fourth-order valence-corrected chi connectivity index (χ4v) is 3.89. The first kappa shape index (κ1) is 13.8. The Morgan fingerprint density at radius 3 is 3.17 bits per heavy atom. The summed E-state index contributed by atoms with van der Waals surface area (Å²) in [6, 6.07) is 0.512. The monoisotopic (exact) mass is 285 g/mol. The maximum Gasteiger partial charge on any atom is 0.226 e. The summed E-state index contributed by atoms with van der Waals surface area (Å²) in [7, 11) is 0. The lowest BCUT2D eigenvalue weighted by molar-refractivity contribution is -0.121. The lowest BCUT2D eigenvalue weighted by Crippen LogP contribution is -2.35. The standard InChI is InChI=1S/C12H19N3OS2/c1-2-17-12-15-10(7-18-12)6-11(16)14-9-4-3-8(13)5-9/h7-9H,2-6,13H2,1H3,(H,14,16)/t8-,9-/m1/s1. The van der Waals surface area contributed by atoms with E-state index >= 15 is 0 Å². The van der Waals surface area contributed by atoms with Crippen LogP contribution in [0.5, 0.6) is 0 Å². The fraction of sp³-hybridized carbons (Fsp3) is 0.667. The predicted octanol–water partition coefficient (Wildman–Crippen LogP) is 1.79. The maximum absolute atomic E-state index is 11.8. The number of carbonyl (C=O) groups excluding carboxylic acids is 1. The number of thiazole rings is 1. The molecule has 3 N–H and O–H groups in total. The van der Waals surface area contributed by atoms with Crippen LogP contribution in [0.4, 0.5) is 0 Å². The van der Waals surface area contributed by atoms with Gasteiger partial charge in [-0.05, 0) is 25.0 Å². The summed E-state index contributed by atoms with van der Waals surface area (Å²) >= 11 is 3.33. The van der Waals surface area contributed by atoms with Crippen LogP contribution in [-0.2, 0) is 11.2 Å². The zero-order valence-electron chi connectivity index (χ0n) is 10.5. The van der Waals surface area contributed by atoms with E-state index in [2.05, 4.69) is 17.2 Å². The van der Waals surface area contributed by atoms with Gasteiger partial charge in [0.1, 0.15) is 4.34 Å². The molecule has 0 saturated heterocycles. The molecule has 1 aromatic heterocycles. The van der Waals surface area contributed by atoms with Crippen molar-refractivity contribution in [2.24, 2.45) is 5.73 Å². The first-order valence-corrected chi connectivity index (χ1v) is 8.16. The van der Waals surface area contributed by atoms with E-state index in [1.165, 1.54) is 0 Å². The lowest BCUT2D eigenvalue weighted by Gasteiger charge is -2.11. The lowest BCUT2D eigenvalue weighted by atomic mass is 10.2. The number of hydrogen-bond acceptors (Lipinski definition) is 5. The number of nitrogens with one attached hydrogen (secondary N) is 1. The molecule has 0 aliphatic heterocycles. The van der Waals surface area contributed by atoms with Crippen LogP contribution < -0.4 is 11.1 Å². The fourth-order valence-electron chi connectivity index (χ4n) is 2.15. The van der Waals surface area contributed by atoms with E-state index in [9.17, 15) is 4.79 Å². The molecule has 1 fully saturated rings. The molecule has 18 heavy (non-hydrogen) atoms. The van der Waals surface area contributed by atoms with E-state index in [0.29, 0.717) is 6.42 Å². The van der Waals surface area contributed by atoms with Crippen molar-refractivity contribution in [3.63, 3.8) is 0 Å². The van der Waals surface area contributed by atoms with Crippen LogP contribution in [0.2, 0.25) is 0 Å². The Morgan fingerprint density at radius 2 is 2.50 bits per heavy atom. The Morgan fingerprint density at radius 1 is 1.67 bits per heavy atom. The van der Waals surface area contributed by atoms with Gasteiger partial charge in [0, 0.05) is 17.5 Å². The number of amides is 1. The van der Waals surface area contributed by atoms with Crippen LogP contribution in [0.15, 0.2) is 9.72 Å². The van der Waals surface area contributed by atoms with Crippen molar-refractivity contribution in [3.8, 4) is 0 Å². The molecular weight excluding hydrogens is 266 g/mol. The van der Waals surface area contributed by atoms with Gasteiger partial charge in [0.05, 0.1) is 12.1 Å². The van der Waals surface area contributed by atoms with E-state index < -0.39 is 0 Å². The molecule has 1 aromatic rings. The van der Waals surface area contributed by atoms with Crippen LogP contribution in [-0.4, -0.2) is 28.7 Å². The molecule has 0 unspecified atom stereocenters. The Kier molecular flexibility index (Phi) is 5.03. The number of thioether (sulfide) groups is 1. The van der Waals surface area contributed by atoms with Crippen molar-refractivity contribution < 1.29 is 4.79 Å². The molecule has 6 heteroatoms. The van der Waals surface area contributed by atoms with E-state index in [4.69, 9.17) is 5.73 Å². The first-order valence-electron chi connectivity index (χ1n) is 6.29. The predicted molar refractivity (Wildman–Crippen MR) is 76.0 cm³/mol. The molecule has 1 aliphatic carbocycles. The third-order valence-corrected chi connectivity index (χ3v) is 4.93. The highest BCUT2D eigenvalue weighted by molar-refractivity contribution is 8.00. The van der Waals surface area contributed by atoms with Gasteiger partial charge < -0.3 is 11.1 Å². The minimum atomic E-state index is 0.0625. The van der Waals surface area contributed by atoms with Crippen molar-refractivity contribution >= 4 is 29.0 Å². The third kappa shape index (κ3) is 3.96. The summed E-state index contributed by atoms with van der Waals surface area (Å²) in [4.78, 5) is 16.3. The summed E-state index contributed by atoms with van der Waals surface area (Å²) in [6.07, 6.45) is 3.30. The van der Waals surface area contributed by atoms with Gasteiger partial charge in [-0.3, -0.25) is 4.79 Å². The van der Waals surface area contributed by atoms with Gasteiger partial charge in [-0.15, -0.1) is 11.3 Å². The van der Waals surface area contributed by atoms with Crippen molar-refractivity contribution in [1.82, 2.24) is 10.3 Å². The molecule has 1 saturated carbocycles. The van der Waals surface area contributed by atoms with Crippen LogP contribution >= 0.6 is 23.1 Å². The second kappa shape index (κ2) is 6.54. The number of aromatic nitrogens is 1. The second-order valence-corrected chi connectivity index (χ2v) is 6.92. The average molecular weight is 285 g/mol. The molecule has 0 bridgehead atoms. The summed E-state index contributed by atoms with van der Waals surface area (Å²) in [5, 5.41) is 5.01. The van der Waals surface area contributed by atoms with Gasteiger partial charge in [0.2, 0.25) is 5.91 Å². The largest absolute Gasteiger partial charge is 0.353 e. The molecule has 4 nitrogen and oxygen atoms in total. The molecule has 1 aliphatic rings. The van der Waals surface area contributed by atoms with Gasteiger partial charge in [0.25, 0.3) is 0 Å². The Balaban J connectivity index is 1.79. The molecule has 100 valence electrons. The highest BCUT2D eigenvalue weighted by atomic mass is 32.2. The third-order valence-electron chi connectivity index (χ3n) is 2.98. The smallest absolute Gasteiger partial charge is 0.226 e. The molecule has 2 atom stereocenters. The zero-order valence-corrected chi connectivity index (χ0v) is 12.1. The molecule has 1 heterocycles. The normalized spacial score (nSPS) is 23.2. The molecule has 2 rings (SSSR count). The van der Waals surface area contributed by atoms with Gasteiger partial charge >= 0.3 is 0 Å². The summed E-state index contributed by atoms with van der Waals surface area (Å²) < 4.78 is 1.04. The molecule has 0 aromatic carbocycles. The maximum atomic E-state index is 11.8. The highest BCUT2D eigenvalue weighted by Crippen LogP contribution is 2.22. The quantitative estimate of drug-likeness (QED) is 0.809. The summed E-state index contributed by atoms with van der Waals surface area (Å²) in [6.45, 7) is 2.10. The SMILES string of the molecule is CCSc1nc(CC(=O)N[C@@H]2CC[C@@H](N)C2)cs1. The van der Waals surface area contributed by atoms with E-state index in [0.717, 1.165) is 35.0 Å².